The molecule has 1 fully saturated rings. The maximum absolute atomic E-state index is 7.35. The van der Waals surface area contributed by atoms with E-state index in [0.717, 1.165) is 18.8 Å². The molecule has 2 heteroatoms. The molecule has 1 atom stereocenters. The molecule has 0 aromatic carbocycles. The van der Waals surface area contributed by atoms with Gasteiger partial charge in [0.2, 0.25) is 0 Å². The lowest BCUT2D eigenvalue weighted by molar-refractivity contribution is 0.456. The molecule has 2 N–H and O–H groups in total. The molecule has 0 bridgehead atoms. The van der Waals surface area contributed by atoms with Gasteiger partial charge in [0.25, 0.3) is 0 Å². The van der Waals surface area contributed by atoms with Gasteiger partial charge in [0.1, 0.15) is 0 Å². The lowest BCUT2D eigenvalue weighted by Gasteiger charge is -2.21. The number of nitrogens with one attached hydrogen (secondary N) is 2. The molecule has 1 saturated heterocycles. The third kappa shape index (κ3) is 1.79. The Labute approximate surface area is 56.2 Å². The summed E-state index contributed by atoms with van der Waals surface area (Å²) < 4.78 is 0. The zero-order chi connectivity index (χ0) is 6.69. The van der Waals surface area contributed by atoms with E-state index < -0.39 is 0 Å². The summed E-state index contributed by atoms with van der Waals surface area (Å²) in [6.45, 7) is 4.07. The summed E-state index contributed by atoms with van der Waals surface area (Å²) in [6.07, 6.45) is 2.45. The highest BCUT2D eigenvalue weighted by Crippen LogP contribution is 2.09. The normalized spacial score (nSPS) is 27.9. The molecule has 0 saturated carbocycles. The maximum atomic E-state index is 7.35. The fraction of sp³-hybridized carbons (Fsp3) is 0.857. The fourth-order valence-corrected chi connectivity index (χ4v) is 1.22. The Bertz CT molecular complexity index is 103. The van der Waals surface area contributed by atoms with Gasteiger partial charge in [-0.3, -0.25) is 0 Å². The van der Waals surface area contributed by atoms with Gasteiger partial charge in [-0.15, -0.1) is 0 Å². The summed E-state index contributed by atoms with van der Waals surface area (Å²) in [7, 11) is 0. The number of hydrogen-bond acceptors (Lipinski definition) is 2. The Balaban J connectivity index is 2.31. The highest BCUT2D eigenvalue weighted by atomic mass is 14.9. The van der Waals surface area contributed by atoms with Crippen LogP contribution in [-0.4, -0.2) is 18.8 Å². The molecule has 0 spiro atoms. The summed E-state index contributed by atoms with van der Waals surface area (Å²) >= 11 is 0. The van der Waals surface area contributed by atoms with Crippen LogP contribution in [0.2, 0.25) is 0 Å². The van der Waals surface area contributed by atoms with E-state index in [1.54, 1.807) is 0 Å². The third-order valence-corrected chi connectivity index (χ3v) is 1.91. The predicted molar refractivity (Wildman–Crippen MR) is 39.0 cm³/mol. The van der Waals surface area contributed by atoms with Crippen molar-refractivity contribution in [1.82, 2.24) is 5.32 Å². The molecule has 0 aliphatic carbocycles. The molecule has 52 valence electrons. The minimum atomic E-state index is 0.527. The summed E-state index contributed by atoms with van der Waals surface area (Å²) in [5.41, 5.74) is 0.835. The van der Waals surface area contributed by atoms with Gasteiger partial charge in [0.05, 0.1) is 0 Å². The van der Waals surface area contributed by atoms with Crippen LogP contribution in [0, 0.1) is 11.3 Å². The summed E-state index contributed by atoms with van der Waals surface area (Å²) in [5, 5.41) is 10.6. The fourth-order valence-electron chi connectivity index (χ4n) is 1.22. The van der Waals surface area contributed by atoms with Crippen molar-refractivity contribution in [1.29, 1.82) is 5.41 Å². The molecule has 0 aromatic rings. The van der Waals surface area contributed by atoms with Gasteiger partial charge in [0.15, 0.2) is 0 Å². The Kier molecular flexibility index (Phi) is 2.22. The molecular weight excluding hydrogens is 112 g/mol. The first kappa shape index (κ1) is 6.75. The highest BCUT2D eigenvalue weighted by Gasteiger charge is 2.13. The third-order valence-electron chi connectivity index (χ3n) is 1.91. The molecule has 1 aliphatic heterocycles. The zero-order valence-electron chi connectivity index (χ0n) is 5.91. The van der Waals surface area contributed by atoms with Crippen LogP contribution < -0.4 is 5.32 Å². The van der Waals surface area contributed by atoms with Crippen molar-refractivity contribution in [3.63, 3.8) is 0 Å². The van der Waals surface area contributed by atoms with Crippen LogP contribution >= 0.6 is 0 Å². The van der Waals surface area contributed by atoms with E-state index in [4.69, 9.17) is 5.41 Å². The Morgan fingerprint density at radius 3 is 2.78 bits per heavy atom. The molecule has 1 unspecified atom stereocenters. The smallest absolute Gasteiger partial charge is 0.0102 e. The van der Waals surface area contributed by atoms with E-state index in [0.29, 0.717) is 5.92 Å². The SMILES string of the molecule is CC(=N)C1CCCNC1. The summed E-state index contributed by atoms with van der Waals surface area (Å²) in [5.74, 6) is 0.527. The van der Waals surface area contributed by atoms with Crippen LogP contribution in [0.25, 0.3) is 0 Å². The van der Waals surface area contributed by atoms with Gasteiger partial charge in [-0.2, -0.15) is 0 Å². The Morgan fingerprint density at radius 1 is 1.67 bits per heavy atom. The number of rotatable bonds is 1. The second-order valence-corrected chi connectivity index (χ2v) is 2.73. The van der Waals surface area contributed by atoms with Gasteiger partial charge in [-0.25, -0.2) is 0 Å². The largest absolute Gasteiger partial charge is 0.316 e. The molecule has 0 aromatic heterocycles. The molecule has 1 heterocycles. The monoisotopic (exact) mass is 126 g/mol. The van der Waals surface area contributed by atoms with Crippen molar-refractivity contribution in [2.75, 3.05) is 13.1 Å². The first-order chi connectivity index (χ1) is 4.30. The minimum Gasteiger partial charge on any atom is -0.316 e. The second kappa shape index (κ2) is 2.97. The van der Waals surface area contributed by atoms with Crippen LogP contribution in [0.5, 0.6) is 0 Å². The zero-order valence-corrected chi connectivity index (χ0v) is 5.91. The second-order valence-electron chi connectivity index (χ2n) is 2.73. The molecule has 1 rings (SSSR count). The van der Waals surface area contributed by atoms with Crippen molar-refractivity contribution in [2.45, 2.75) is 19.8 Å². The average Bonchev–Trinajstić information content (AvgIpc) is 1.90. The molecular formula is C7H14N2. The first-order valence-electron chi connectivity index (χ1n) is 3.56. The summed E-state index contributed by atoms with van der Waals surface area (Å²) in [4.78, 5) is 0. The molecule has 1 aliphatic rings. The van der Waals surface area contributed by atoms with E-state index in [-0.39, 0.29) is 0 Å². The standard InChI is InChI=1S/C7H14N2/c1-6(8)7-3-2-4-9-5-7/h7-9H,2-5H2,1H3. The van der Waals surface area contributed by atoms with Crippen molar-refractivity contribution in [2.24, 2.45) is 5.92 Å². The molecule has 2 nitrogen and oxygen atoms in total. The van der Waals surface area contributed by atoms with Gasteiger partial charge in [0, 0.05) is 18.2 Å². The maximum Gasteiger partial charge on any atom is 0.0102 e. The number of piperidine rings is 1. The van der Waals surface area contributed by atoms with Crippen LogP contribution in [0.1, 0.15) is 19.8 Å². The van der Waals surface area contributed by atoms with Gasteiger partial charge in [-0.1, -0.05) is 0 Å². The lowest BCUT2D eigenvalue weighted by atomic mass is 9.96. The van der Waals surface area contributed by atoms with Crippen LogP contribution in [-0.2, 0) is 0 Å². The number of hydrogen-bond donors (Lipinski definition) is 2. The first-order valence-corrected chi connectivity index (χ1v) is 3.56. The van der Waals surface area contributed by atoms with Gasteiger partial charge < -0.3 is 10.7 Å². The predicted octanol–water partition coefficient (Wildman–Crippen LogP) is 1.03. The van der Waals surface area contributed by atoms with Gasteiger partial charge >= 0.3 is 0 Å². The average molecular weight is 126 g/mol. The van der Waals surface area contributed by atoms with E-state index in [9.17, 15) is 0 Å². The van der Waals surface area contributed by atoms with Gasteiger partial charge in [-0.05, 0) is 26.3 Å². The van der Waals surface area contributed by atoms with Crippen molar-refractivity contribution in [3.05, 3.63) is 0 Å². The van der Waals surface area contributed by atoms with Crippen molar-refractivity contribution >= 4 is 5.71 Å². The van der Waals surface area contributed by atoms with E-state index in [1.807, 2.05) is 6.92 Å². The van der Waals surface area contributed by atoms with E-state index in [2.05, 4.69) is 5.32 Å². The molecule has 9 heavy (non-hydrogen) atoms. The molecule has 0 radical (unpaired) electrons. The Hall–Kier alpha value is -0.370. The van der Waals surface area contributed by atoms with Crippen LogP contribution in [0.4, 0.5) is 0 Å². The van der Waals surface area contributed by atoms with Crippen molar-refractivity contribution < 1.29 is 0 Å². The highest BCUT2D eigenvalue weighted by molar-refractivity contribution is 5.81. The Morgan fingerprint density at radius 2 is 2.44 bits per heavy atom. The van der Waals surface area contributed by atoms with Crippen molar-refractivity contribution in [3.8, 4) is 0 Å². The van der Waals surface area contributed by atoms with Crippen LogP contribution in [0.3, 0.4) is 0 Å². The minimum absolute atomic E-state index is 0.527. The van der Waals surface area contributed by atoms with E-state index in [1.165, 1.54) is 12.8 Å². The quantitative estimate of drug-likeness (QED) is 0.506. The van der Waals surface area contributed by atoms with E-state index >= 15 is 0 Å². The molecule has 0 amide bonds. The topological polar surface area (TPSA) is 35.9 Å². The van der Waals surface area contributed by atoms with Crippen LogP contribution in [0.15, 0.2) is 0 Å². The lowest BCUT2D eigenvalue weighted by Crippen LogP contribution is -2.33. The summed E-state index contributed by atoms with van der Waals surface area (Å²) in [6, 6.07) is 0.